The molecule has 8 nitrogen and oxygen atoms in total. The molecule has 1 aromatic heterocycles. The fourth-order valence-corrected chi connectivity index (χ4v) is 5.71. The van der Waals surface area contributed by atoms with Gasteiger partial charge < -0.3 is 20.7 Å². The Morgan fingerprint density at radius 2 is 1.74 bits per heavy atom. The van der Waals surface area contributed by atoms with Crippen LogP contribution in [0.25, 0.3) is 10.1 Å². The van der Waals surface area contributed by atoms with E-state index in [1.165, 1.54) is 0 Å². The summed E-state index contributed by atoms with van der Waals surface area (Å²) in [6.45, 7) is 9.43. The van der Waals surface area contributed by atoms with E-state index in [9.17, 15) is 19.2 Å². The van der Waals surface area contributed by atoms with E-state index in [-0.39, 0.29) is 30.6 Å². The second kappa shape index (κ2) is 13.7. The van der Waals surface area contributed by atoms with Crippen LogP contribution in [0.3, 0.4) is 0 Å². The van der Waals surface area contributed by atoms with Gasteiger partial charge in [0.1, 0.15) is 24.2 Å². The number of esters is 1. The number of thiophene rings is 1. The van der Waals surface area contributed by atoms with Crippen LogP contribution in [0.1, 0.15) is 71.6 Å². The minimum Gasteiger partial charge on any atom is -0.460 e. The molecule has 6 atom stereocenters. The maximum absolute atomic E-state index is 13.3. The van der Waals surface area contributed by atoms with Gasteiger partial charge in [0, 0.05) is 16.0 Å². The van der Waals surface area contributed by atoms with Gasteiger partial charge >= 0.3 is 5.97 Å². The molecule has 9 heteroatoms. The summed E-state index contributed by atoms with van der Waals surface area (Å²) in [4.78, 5) is 53.8. The summed E-state index contributed by atoms with van der Waals surface area (Å²) in [7, 11) is 0. The van der Waals surface area contributed by atoms with Crippen molar-refractivity contribution in [2.24, 2.45) is 11.8 Å². The molecule has 1 saturated heterocycles. The lowest BCUT2D eigenvalue weighted by Gasteiger charge is -2.29. The highest BCUT2D eigenvalue weighted by molar-refractivity contribution is 7.19. The Hall–Kier alpha value is -2.94. The number of rotatable bonds is 8. The lowest BCUT2D eigenvalue weighted by atomic mass is 9.94. The number of carbonyl (C=O) groups is 4. The molecule has 3 N–H and O–H groups in total. The summed E-state index contributed by atoms with van der Waals surface area (Å²) in [6.07, 6.45) is 2.94. The molecule has 3 rings (SSSR count). The maximum atomic E-state index is 13.3. The second-order valence-corrected chi connectivity index (χ2v) is 11.6. The average Bonchev–Trinajstić information content (AvgIpc) is 3.30. The molecule has 2 aromatic rings. The number of cyclic esters (lactones) is 1. The van der Waals surface area contributed by atoms with Crippen LogP contribution in [0, 0.1) is 11.8 Å². The van der Waals surface area contributed by atoms with Crippen molar-refractivity contribution in [1.29, 1.82) is 0 Å². The zero-order valence-electron chi connectivity index (χ0n) is 23.0. The quantitative estimate of drug-likeness (QED) is 0.434. The van der Waals surface area contributed by atoms with Gasteiger partial charge in [-0.25, -0.2) is 4.79 Å². The zero-order chi connectivity index (χ0) is 27.8. The number of benzene rings is 1. The number of amides is 3. The van der Waals surface area contributed by atoms with E-state index in [2.05, 4.69) is 22.9 Å². The Kier molecular flexibility index (Phi) is 10.7. The fourth-order valence-electron chi connectivity index (χ4n) is 4.60. The van der Waals surface area contributed by atoms with Crippen LogP contribution in [-0.4, -0.2) is 47.9 Å². The third-order valence-electron chi connectivity index (χ3n) is 7.35. The van der Waals surface area contributed by atoms with Gasteiger partial charge in [0.05, 0.1) is 6.42 Å². The van der Waals surface area contributed by atoms with Crippen LogP contribution in [0.5, 0.6) is 0 Å². The van der Waals surface area contributed by atoms with Gasteiger partial charge in [-0.05, 0) is 42.7 Å². The highest BCUT2D eigenvalue weighted by Gasteiger charge is 2.35. The van der Waals surface area contributed by atoms with Crippen LogP contribution >= 0.6 is 11.3 Å². The van der Waals surface area contributed by atoms with Crippen molar-refractivity contribution < 1.29 is 23.9 Å². The third-order valence-corrected chi connectivity index (χ3v) is 8.49. The Morgan fingerprint density at radius 3 is 2.42 bits per heavy atom. The molecule has 1 aromatic carbocycles. The lowest BCUT2D eigenvalue weighted by molar-refractivity contribution is -0.158. The molecule has 0 bridgehead atoms. The number of ether oxygens (including phenoxy) is 1. The molecule has 0 saturated carbocycles. The van der Waals surface area contributed by atoms with Crippen LogP contribution in [0.15, 0.2) is 30.3 Å². The van der Waals surface area contributed by atoms with E-state index in [0.29, 0.717) is 6.42 Å². The van der Waals surface area contributed by atoms with Crippen LogP contribution in [0.2, 0.25) is 0 Å². The van der Waals surface area contributed by atoms with Gasteiger partial charge in [-0.15, -0.1) is 11.3 Å². The van der Waals surface area contributed by atoms with E-state index in [1.807, 2.05) is 51.1 Å². The van der Waals surface area contributed by atoms with Gasteiger partial charge in [0.15, 0.2) is 0 Å². The first-order valence-electron chi connectivity index (χ1n) is 13.7. The highest BCUT2D eigenvalue weighted by atomic mass is 32.1. The van der Waals surface area contributed by atoms with Crippen molar-refractivity contribution in [3.63, 3.8) is 0 Å². The maximum Gasteiger partial charge on any atom is 0.329 e. The second-order valence-electron chi connectivity index (χ2n) is 10.5. The molecule has 1 fully saturated rings. The fraction of sp³-hybridized carbons (Fsp3) is 0.586. The number of fused-ring (bicyclic) bond motifs is 1. The first kappa shape index (κ1) is 29.6. The molecule has 38 heavy (non-hydrogen) atoms. The van der Waals surface area contributed by atoms with Gasteiger partial charge in [0.2, 0.25) is 17.7 Å². The topological polar surface area (TPSA) is 114 Å². The molecular formula is C29H41N3O5S. The van der Waals surface area contributed by atoms with Crippen LogP contribution < -0.4 is 16.0 Å². The smallest absolute Gasteiger partial charge is 0.329 e. The summed E-state index contributed by atoms with van der Waals surface area (Å²) in [5, 5.41) is 9.46. The average molecular weight is 544 g/mol. The number of hydrogen-bond acceptors (Lipinski definition) is 6. The predicted octanol–water partition coefficient (Wildman–Crippen LogP) is 4.11. The van der Waals surface area contributed by atoms with E-state index in [1.54, 1.807) is 18.3 Å². The molecular weight excluding hydrogens is 502 g/mol. The van der Waals surface area contributed by atoms with Gasteiger partial charge in [0.25, 0.3) is 0 Å². The third kappa shape index (κ3) is 7.79. The largest absolute Gasteiger partial charge is 0.460 e. The molecule has 3 amide bonds. The van der Waals surface area contributed by atoms with E-state index in [4.69, 9.17) is 4.74 Å². The predicted molar refractivity (Wildman–Crippen MR) is 150 cm³/mol. The Balaban J connectivity index is 1.91. The Bertz CT molecular complexity index is 1100. The lowest BCUT2D eigenvalue weighted by Crippen LogP contribution is -2.55. The van der Waals surface area contributed by atoms with E-state index >= 15 is 0 Å². The molecule has 0 spiro atoms. The molecule has 1 aliphatic heterocycles. The number of carbonyl (C=O) groups excluding carboxylic acids is 4. The molecule has 208 valence electrons. The molecule has 0 aliphatic carbocycles. The molecule has 2 heterocycles. The molecule has 0 radical (unpaired) electrons. The summed E-state index contributed by atoms with van der Waals surface area (Å²) in [5.41, 5.74) is 0. The van der Waals surface area contributed by atoms with Crippen molar-refractivity contribution in [3.05, 3.63) is 35.2 Å². The minimum absolute atomic E-state index is 0.0520. The van der Waals surface area contributed by atoms with Gasteiger partial charge in [-0.2, -0.15) is 0 Å². The van der Waals surface area contributed by atoms with Gasteiger partial charge in [-0.3, -0.25) is 14.4 Å². The first-order chi connectivity index (χ1) is 18.1. The summed E-state index contributed by atoms with van der Waals surface area (Å²) in [5.74, 6) is -2.06. The monoisotopic (exact) mass is 543 g/mol. The van der Waals surface area contributed by atoms with Crippen molar-refractivity contribution in [1.82, 2.24) is 16.0 Å². The number of hydrogen-bond donors (Lipinski definition) is 3. The first-order valence-corrected chi connectivity index (χ1v) is 14.5. The van der Waals surface area contributed by atoms with Crippen molar-refractivity contribution in [2.45, 2.75) is 97.4 Å². The Morgan fingerprint density at radius 1 is 1.00 bits per heavy atom. The SMILES string of the molecule is CCCC[C@H](C)[C@@H]1CC(=O)N[C@@H](Cc2cc3ccccc3s2)C(=O)N[C@@H](C)C(=O)N[C@H]([C@@H](C)CC)C(=O)O1. The number of unbranched alkanes of at least 4 members (excludes halogenated alkanes) is 1. The van der Waals surface area contributed by atoms with E-state index < -0.39 is 42.0 Å². The molecule has 1 aliphatic rings. The zero-order valence-corrected chi connectivity index (χ0v) is 23.9. The molecule has 0 unspecified atom stereocenters. The van der Waals surface area contributed by atoms with E-state index in [0.717, 1.165) is 34.2 Å². The van der Waals surface area contributed by atoms with Crippen LogP contribution in [-0.2, 0) is 30.3 Å². The Labute approximate surface area is 229 Å². The summed E-state index contributed by atoms with van der Waals surface area (Å²) in [6, 6.07) is 7.32. The number of nitrogens with one attached hydrogen (secondary N) is 3. The van der Waals surface area contributed by atoms with Crippen molar-refractivity contribution in [2.75, 3.05) is 0 Å². The summed E-state index contributed by atoms with van der Waals surface area (Å²) < 4.78 is 7.01. The summed E-state index contributed by atoms with van der Waals surface area (Å²) >= 11 is 1.57. The standard InChI is InChI=1S/C29H41N3O5S/c1-6-8-11-18(4)23-16-25(33)31-22(15-21-14-20-12-9-10-13-24(20)38-21)28(35)30-19(5)27(34)32-26(17(3)7-2)29(36)37-23/h9-10,12-14,17-19,22-23,26H,6-8,11,15-16H2,1-5H3,(H,30,35)(H,31,33)(H,32,34)/t17-,18-,19-,22-,23-,26+/m0/s1. The highest BCUT2D eigenvalue weighted by Crippen LogP contribution is 2.27. The van der Waals surface area contributed by atoms with Gasteiger partial charge in [-0.1, -0.05) is 65.2 Å². The minimum atomic E-state index is -0.899. The normalized spacial score (nSPS) is 25.2. The van der Waals surface area contributed by atoms with Crippen molar-refractivity contribution in [3.8, 4) is 0 Å². The van der Waals surface area contributed by atoms with Crippen molar-refractivity contribution >= 4 is 45.1 Å². The van der Waals surface area contributed by atoms with Crippen LogP contribution in [0.4, 0.5) is 0 Å².